The van der Waals surface area contributed by atoms with Gasteiger partial charge in [-0.2, -0.15) is 5.10 Å². The second kappa shape index (κ2) is 8.09. The Balaban J connectivity index is 1.85. The van der Waals surface area contributed by atoms with E-state index >= 15 is 0 Å². The smallest absolute Gasteiger partial charge is 0.262 e. The zero-order valence-electron chi connectivity index (χ0n) is 16.4. The van der Waals surface area contributed by atoms with Crippen molar-refractivity contribution in [2.24, 2.45) is 0 Å². The van der Waals surface area contributed by atoms with Crippen molar-refractivity contribution in [3.05, 3.63) is 75.5 Å². The van der Waals surface area contributed by atoms with Crippen LogP contribution in [0.3, 0.4) is 0 Å². The van der Waals surface area contributed by atoms with Crippen molar-refractivity contribution in [2.75, 3.05) is 4.72 Å². The highest BCUT2D eigenvalue weighted by Gasteiger charge is 2.20. The molecule has 7 heteroatoms. The molecule has 148 valence electrons. The molecule has 0 bridgehead atoms. The van der Waals surface area contributed by atoms with E-state index in [0.717, 1.165) is 21.3 Å². The third kappa shape index (κ3) is 4.47. The van der Waals surface area contributed by atoms with Gasteiger partial charge in [0.15, 0.2) is 0 Å². The van der Waals surface area contributed by atoms with Gasteiger partial charge in [-0.25, -0.2) is 8.42 Å². The summed E-state index contributed by atoms with van der Waals surface area (Å²) in [6, 6.07) is 15.0. The lowest BCUT2D eigenvalue weighted by Gasteiger charge is -2.11. The van der Waals surface area contributed by atoms with Gasteiger partial charge in [-0.05, 0) is 55.2 Å². The third-order valence-corrected chi connectivity index (χ3v) is 6.61. The topological polar surface area (TPSA) is 64.0 Å². The number of rotatable bonds is 6. The second-order valence-electron chi connectivity index (χ2n) is 7.16. The maximum Gasteiger partial charge on any atom is 0.262 e. The molecule has 1 aromatic heterocycles. The van der Waals surface area contributed by atoms with Gasteiger partial charge in [0, 0.05) is 4.47 Å². The molecule has 0 fully saturated rings. The number of aromatic nitrogens is 2. The number of halogens is 1. The van der Waals surface area contributed by atoms with Crippen LogP contribution in [0.4, 0.5) is 5.69 Å². The van der Waals surface area contributed by atoms with Crippen LogP contribution in [0.15, 0.2) is 57.9 Å². The summed E-state index contributed by atoms with van der Waals surface area (Å²) in [7, 11) is -3.68. The molecule has 0 unspecified atom stereocenters. The molecule has 0 aliphatic carbocycles. The lowest BCUT2D eigenvalue weighted by Crippen LogP contribution is -2.14. The largest absolute Gasteiger partial charge is 0.276 e. The maximum absolute atomic E-state index is 12.8. The summed E-state index contributed by atoms with van der Waals surface area (Å²) >= 11 is 3.43. The van der Waals surface area contributed by atoms with Crippen molar-refractivity contribution in [3.8, 4) is 0 Å². The van der Waals surface area contributed by atoms with Crippen LogP contribution in [0, 0.1) is 13.8 Å². The summed E-state index contributed by atoms with van der Waals surface area (Å²) in [4.78, 5) is 0.247. The molecule has 0 spiro atoms. The van der Waals surface area contributed by atoms with Crippen molar-refractivity contribution >= 4 is 31.6 Å². The van der Waals surface area contributed by atoms with E-state index in [9.17, 15) is 8.42 Å². The van der Waals surface area contributed by atoms with Crippen LogP contribution in [0.2, 0.25) is 0 Å². The van der Waals surface area contributed by atoms with Crippen molar-refractivity contribution in [1.82, 2.24) is 9.78 Å². The molecular weight excluding hydrogens is 438 g/mol. The Morgan fingerprint density at radius 1 is 1.04 bits per heavy atom. The van der Waals surface area contributed by atoms with Crippen LogP contribution < -0.4 is 4.72 Å². The van der Waals surface area contributed by atoms with Gasteiger partial charge in [-0.15, -0.1) is 0 Å². The predicted octanol–water partition coefficient (Wildman–Crippen LogP) is 5.23. The molecule has 1 N–H and O–H groups in total. The minimum atomic E-state index is -3.68. The van der Waals surface area contributed by atoms with E-state index < -0.39 is 10.0 Å². The zero-order valence-corrected chi connectivity index (χ0v) is 18.8. The van der Waals surface area contributed by atoms with Crippen LogP contribution in [-0.4, -0.2) is 18.2 Å². The van der Waals surface area contributed by atoms with Crippen LogP contribution >= 0.6 is 15.9 Å². The highest BCUT2D eigenvalue weighted by atomic mass is 79.9. The van der Waals surface area contributed by atoms with Gasteiger partial charge >= 0.3 is 0 Å². The minimum Gasteiger partial charge on any atom is -0.276 e. The monoisotopic (exact) mass is 461 g/mol. The zero-order chi connectivity index (χ0) is 20.5. The number of benzene rings is 2. The summed E-state index contributed by atoms with van der Waals surface area (Å²) in [5.41, 5.74) is 4.16. The number of sulfonamides is 1. The van der Waals surface area contributed by atoms with Gasteiger partial charge in [-0.1, -0.05) is 54.0 Å². The SMILES string of the molecule is Cc1nn(Cc2ccc(Br)cc2)c(C)c1NS(=O)(=O)c1ccc(C(C)C)cc1. The van der Waals surface area contributed by atoms with Crippen molar-refractivity contribution in [2.45, 2.75) is 45.1 Å². The molecule has 0 aliphatic heterocycles. The fraction of sp³-hybridized carbons (Fsp3) is 0.286. The Bertz CT molecular complexity index is 1070. The van der Waals surface area contributed by atoms with Gasteiger partial charge < -0.3 is 0 Å². The van der Waals surface area contributed by atoms with Crippen molar-refractivity contribution < 1.29 is 8.42 Å². The number of nitrogens with one attached hydrogen (secondary N) is 1. The molecule has 0 amide bonds. The number of hydrogen-bond acceptors (Lipinski definition) is 3. The summed E-state index contributed by atoms with van der Waals surface area (Å²) in [5, 5.41) is 4.52. The molecule has 0 radical (unpaired) electrons. The lowest BCUT2D eigenvalue weighted by atomic mass is 10.0. The Hall–Kier alpha value is -2.12. The van der Waals surface area contributed by atoms with E-state index in [1.807, 2.05) is 54.9 Å². The highest BCUT2D eigenvalue weighted by Crippen LogP contribution is 2.25. The van der Waals surface area contributed by atoms with Gasteiger partial charge in [0.1, 0.15) is 0 Å². The second-order valence-corrected chi connectivity index (χ2v) is 9.76. The molecule has 5 nitrogen and oxygen atoms in total. The van der Waals surface area contributed by atoms with Crippen LogP contribution in [0.1, 0.15) is 42.3 Å². The van der Waals surface area contributed by atoms with Crippen molar-refractivity contribution in [1.29, 1.82) is 0 Å². The first-order valence-corrected chi connectivity index (χ1v) is 11.4. The Labute approximate surface area is 175 Å². The molecule has 3 rings (SSSR count). The highest BCUT2D eigenvalue weighted by molar-refractivity contribution is 9.10. The fourth-order valence-electron chi connectivity index (χ4n) is 2.99. The van der Waals surface area contributed by atoms with E-state index in [1.54, 1.807) is 12.1 Å². The quantitative estimate of drug-likeness (QED) is 0.545. The van der Waals surface area contributed by atoms with Gasteiger partial charge in [0.2, 0.25) is 0 Å². The summed E-state index contributed by atoms with van der Waals surface area (Å²) in [5.74, 6) is 0.353. The van der Waals surface area contributed by atoms with Crippen LogP contribution in [0.5, 0.6) is 0 Å². The first-order valence-electron chi connectivity index (χ1n) is 9.08. The Morgan fingerprint density at radius 3 is 2.21 bits per heavy atom. The summed E-state index contributed by atoms with van der Waals surface area (Å²) < 4.78 is 31.2. The molecule has 0 saturated heterocycles. The van der Waals surface area contributed by atoms with Gasteiger partial charge in [-0.3, -0.25) is 9.40 Å². The number of anilines is 1. The number of aryl methyl sites for hydroxylation is 1. The molecule has 0 saturated carbocycles. The third-order valence-electron chi connectivity index (χ3n) is 4.72. The molecule has 0 aliphatic rings. The summed E-state index contributed by atoms with van der Waals surface area (Å²) in [6.45, 7) is 8.41. The number of nitrogens with zero attached hydrogens (tertiary/aromatic N) is 2. The van der Waals surface area contributed by atoms with Crippen LogP contribution in [0.25, 0.3) is 0 Å². The average Bonchev–Trinajstić information content (AvgIpc) is 2.91. The molecule has 28 heavy (non-hydrogen) atoms. The minimum absolute atomic E-state index is 0.247. The van der Waals surface area contributed by atoms with E-state index in [0.29, 0.717) is 23.8 Å². The van der Waals surface area contributed by atoms with E-state index in [-0.39, 0.29) is 4.90 Å². The average molecular weight is 462 g/mol. The van der Waals surface area contributed by atoms with Crippen LogP contribution in [-0.2, 0) is 16.6 Å². The van der Waals surface area contributed by atoms with E-state index in [4.69, 9.17) is 0 Å². The first-order chi connectivity index (χ1) is 13.2. The Kier molecular flexibility index (Phi) is 5.95. The fourth-order valence-corrected chi connectivity index (χ4v) is 4.43. The Morgan fingerprint density at radius 2 is 1.64 bits per heavy atom. The van der Waals surface area contributed by atoms with E-state index in [1.165, 1.54) is 0 Å². The maximum atomic E-state index is 12.8. The van der Waals surface area contributed by atoms with E-state index in [2.05, 4.69) is 39.6 Å². The van der Waals surface area contributed by atoms with Gasteiger partial charge in [0.25, 0.3) is 10.0 Å². The first kappa shape index (κ1) is 20.6. The standard InChI is InChI=1S/C21H24BrN3O2S/c1-14(2)18-7-11-20(12-8-18)28(26,27)24-21-15(3)23-25(16(21)4)13-17-5-9-19(22)10-6-17/h5-12,14,24H,13H2,1-4H3. The summed E-state index contributed by atoms with van der Waals surface area (Å²) in [6.07, 6.45) is 0. The molecule has 2 aromatic carbocycles. The molecule has 3 aromatic rings. The normalized spacial score (nSPS) is 11.8. The van der Waals surface area contributed by atoms with Gasteiger partial charge in [0.05, 0.1) is 28.5 Å². The lowest BCUT2D eigenvalue weighted by molar-refractivity contribution is 0.601. The molecule has 0 atom stereocenters. The molecular formula is C21H24BrN3O2S. The van der Waals surface area contributed by atoms with Crippen molar-refractivity contribution in [3.63, 3.8) is 0 Å². The predicted molar refractivity (Wildman–Crippen MR) is 116 cm³/mol. The number of hydrogen-bond donors (Lipinski definition) is 1. The molecule has 1 heterocycles.